The molecular weight excluding hydrogens is 134 g/mol. The molecule has 1 heteroatoms. The van der Waals surface area contributed by atoms with Crippen molar-refractivity contribution in [2.45, 2.75) is 33.6 Å². The van der Waals surface area contributed by atoms with Gasteiger partial charge in [0, 0.05) is 12.7 Å². The molecule has 0 unspecified atom stereocenters. The van der Waals surface area contributed by atoms with Crippen molar-refractivity contribution in [1.29, 1.82) is 0 Å². The van der Waals surface area contributed by atoms with Crippen LogP contribution in [0, 0.1) is 0 Å². The molecule has 11 heavy (non-hydrogen) atoms. The number of hydrogen-bond donors (Lipinski definition) is 1. The van der Waals surface area contributed by atoms with Crippen LogP contribution in [0.3, 0.4) is 0 Å². The van der Waals surface area contributed by atoms with Crippen LogP contribution >= 0.6 is 0 Å². The Bertz CT molecular complexity index is 148. The zero-order valence-electron chi connectivity index (χ0n) is 8.07. The van der Waals surface area contributed by atoms with Crippen LogP contribution in [0.1, 0.15) is 33.6 Å². The van der Waals surface area contributed by atoms with Crippen LogP contribution in [0.25, 0.3) is 0 Å². The predicted octanol–water partition coefficient (Wildman–Crippen LogP) is 2.86. The highest BCUT2D eigenvalue weighted by Crippen LogP contribution is 2.10. The summed E-state index contributed by atoms with van der Waals surface area (Å²) in [4.78, 5) is 0. The van der Waals surface area contributed by atoms with Gasteiger partial charge in [-0.1, -0.05) is 26.0 Å². The van der Waals surface area contributed by atoms with Crippen molar-refractivity contribution in [3.05, 3.63) is 23.4 Å². The van der Waals surface area contributed by atoms with Crippen LogP contribution in [0.15, 0.2) is 23.4 Å². The third-order valence-corrected chi connectivity index (χ3v) is 1.79. The second kappa shape index (κ2) is 6.02. The molecule has 0 atom stereocenters. The lowest BCUT2D eigenvalue weighted by Gasteiger charge is -2.08. The van der Waals surface area contributed by atoms with E-state index in [9.17, 15) is 0 Å². The minimum atomic E-state index is 1.09. The molecule has 0 saturated heterocycles. The Balaban J connectivity index is 4.47. The Morgan fingerprint density at radius 1 is 1.27 bits per heavy atom. The van der Waals surface area contributed by atoms with E-state index in [2.05, 4.69) is 38.2 Å². The molecule has 0 aliphatic heterocycles. The van der Waals surface area contributed by atoms with Crippen LogP contribution in [0.4, 0.5) is 0 Å². The van der Waals surface area contributed by atoms with Crippen molar-refractivity contribution in [3.63, 3.8) is 0 Å². The maximum Gasteiger partial charge on any atom is 0.0133 e. The molecule has 0 aliphatic rings. The summed E-state index contributed by atoms with van der Waals surface area (Å²) < 4.78 is 0. The Morgan fingerprint density at radius 3 is 2.18 bits per heavy atom. The molecule has 1 N–H and O–H groups in total. The third kappa shape index (κ3) is 3.26. The Labute approximate surface area is 70.2 Å². The quantitative estimate of drug-likeness (QED) is 0.612. The molecule has 0 bridgehead atoms. The summed E-state index contributed by atoms with van der Waals surface area (Å²) in [6.45, 7) is 6.41. The lowest BCUT2D eigenvalue weighted by Crippen LogP contribution is -2.07. The van der Waals surface area contributed by atoms with Gasteiger partial charge in [-0.15, -0.1) is 0 Å². The minimum absolute atomic E-state index is 1.09. The molecule has 0 saturated carbocycles. The first kappa shape index (κ1) is 10.3. The fraction of sp³-hybridized carbons (Fsp3) is 0.600. The van der Waals surface area contributed by atoms with Gasteiger partial charge in [-0.25, -0.2) is 0 Å². The Hall–Kier alpha value is -0.720. The zero-order chi connectivity index (χ0) is 8.69. The highest BCUT2D eigenvalue weighted by Gasteiger charge is 1.95. The predicted molar refractivity (Wildman–Crippen MR) is 51.5 cm³/mol. The standard InChI is InChI=1S/C10H19N/c1-5-8-9(6-2)10(7-3)11-4/h5,8,11H,6-7H2,1-4H3/b8-5-,10-9-. The second-order valence-electron chi connectivity index (χ2n) is 2.46. The molecule has 0 aromatic rings. The van der Waals surface area contributed by atoms with E-state index in [-0.39, 0.29) is 0 Å². The van der Waals surface area contributed by atoms with Gasteiger partial charge in [-0.3, -0.25) is 0 Å². The molecular formula is C10H19N. The first-order valence-corrected chi connectivity index (χ1v) is 4.32. The highest BCUT2D eigenvalue weighted by molar-refractivity contribution is 5.23. The molecule has 0 rings (SSSR count). The van der Waals surface area contributed by atoms with Crippen LogP contribution in [-0.4, -0.2) is 7.05 Å². The Morgan fingerprint density at radius 2 is 1.91 bits per heavy atom. The monoisotopic (exact) mass is 153 g/mol. The summed E-state index contributed by atoms with van der Waals surface area (Å²) >= 11 is 0. The molecule has 0 aromatic carbocycles. The van der Waals surface area contributed by atoms with E-state index in [1.54, 1.807) is 0 Å². The maximum absolute atomic E-state index is 3.22. The van der Waals surface area contributed by atoms with Crippen molar-refractivity contribution >= 4 is 0 Å². The van der Waals surface area contributed by atoms with Crippen LogP contribution in [0.2, 0.25) is 0 Å². The van der Waals surface area contributed by atoms with Gasteiger partial charge in [0.1, 0.15) is 0 Å². The van der Waals surface area contributed by atoms with E-state index in [4.69, 9.17) is 0 Å². The van der Waals surface area contributed by atoms with Crippen LogP contribution < -0.4 is 5.32 Å². The SMILES string of the molecule is C/C=C\C(CC)=C(\CC)NC. The fourth-order valence-electron chi connectivity index (χ4n) is 1.20. The molecule has 0 radical (unpaired) electrons. The molecule has 0 heterocycles. The molecule has 0 aliphatic carbocycles. The number of hydrogen-bond acceptors (Lipinski definition) is 1. The van der Waals surface area contributed by atoms with Gasteiger partial charge in [-0.05, 0) is 25.3 Å². The average Bonchev–Trinajstić information content (AvgIpc) is 2.05. The summed E-state index contributed by atoms with van der Waals surface area (Å²) in [5, 5.41) is 3.22. The maximum atomic E-state index is 3.22. The van der Waals surface area contributed by atoms with Gasteiger partial charge in [0.2, 0.25) is 0 Å². The summed E-state index contributed by atoms with van der Waals surface area (Å²) in [6, 6.07) is 0. The van der Waals surface area contributed by atoms with Crippen LogP contribution in [0.5, 0.6) is 0 Å². The van der Waals surface area contributed by atoms with E-state index in [1.165, 1.54) is 11.3 Å². The molecule has 0 aromatic heterocycles. The van der Waals surface area contributed by atoms with E-state index in [0.717, 1.165) is 12.8 Å². The van der Waals surface area contributed by atoms with Gasteiger partial charge < -0.3 is 5.32 Å². The lowest BCUT2D eigenvalue weighted by molar-refractivity contribution is 0.864. The van der Waals surface area contributed by atoms with E-state index < -0.39 is 0 Å². The molecule has 0 fully saturated rings. The second-order valence-corrected chi connectivity index (χ2v) is 2.46. The first-order chi connectivity index (χ1) is 5.29. The van der Waals surface area contributed by atoms with Crippen LogP contribution in [-0.2, 0) is 0 Å². The number of allylic oxidation sites excluding steroid dienone is 4. The van der Waals surface area contributed by atoms with Crippen molar-refractivity contribution in [2.24, 2.45) is 0 Å². The molecule has 64 valence electrons. The van der Waals surface area contributed by atoms with Gasteiger partial charge in [0.25, 0.3) is 0 Å². The average molecular weight is 153 g/mol. The van der Waals surface area contributed by atoms with E-state index in [1.807, 2.05) is 7.05 Å². The number of nitrogens with one attached hydrogen (secondary N) is 1. The first-order valence-electron chi connectivity index (χ1n) is 4.32. The summed E-state index contributed by atoms with van der Waals surface area (Å²) in [6.07, 6.45) is 6.46. The highest BCUT2D eigenvalue weighted by atomic mass is 14.8. The minimum Gasteiger partial charge on any atom is -0.391 e. The smallest absolute Gasteiger partial charge is 0.0133 e. The summed E-state index contributed by atoms with van der Waals surface area (Å²) in [7, 11) is 1.98. The van der Waals surface area contributed by atoms with Gasteiger partial charge in [0.05, 0.1) is 0 Å². The normalized spacial score (nSPS) is 13.5. The zero-order valence-corrected chi connectivity index (χ0v) is 8.07. The van der Waals surface area contributed by atoms with Crippen molar-refractivity contribution in [3.8, 4) is 0 Å². The number of rotatable bonds is 4. The molecule has 0 spiro atoms. The third-order valence-electron chi connectivity index (χ3n) is 1.79. The lowest BCUT2D eigenvalue weighted by atomic mass is 10.1. The fourth-order valence-corrected chi connectivity index (χ4v) is 1.20. The van der Waals surface area contributed by atoms with Crippen molar-refractivity contribution < 1.29 is 0 Å². The van der Waals surface area contributed by atoms with Gasteiger partial charge in [-0.2, -0.15) is 0 Å². The van der Waals surface area contributed by atoms with Crippen molar-refractivity contribution in [2.75, 3.05) is 7.05 Å². The van der Waals surface area contributed by atoms with Crippen molar-refractivity contribution in [1.82, 2.24) is 5.32 Å². The Kier molecular flexibility index (Phi) is 5.63. The van der Waals surface area contributed by atoms with Gasteiger partial charge in [0.15, 0.2) is 0 Å². The van der Waals surface area contributed by atoms with E-state index >= 15 is 0 Å². The summed E-state index contributed by atoms with van der Waals surface area (Å²) in [5.74, 6) is 0. The summed E-state index contributed by atoms with van der Waals surface area (Å²) in [5.41, 5.74) is 2.77. The topological polar surface area (TPSA) is 12.0 Å². The molecule has 0 amide bonds. The van der Waals surface area contributed by atoms with E-state index in [0.29, 0.717) is 0 Å². The van der Waals surface area contributed by atoms with Gasteiger partial charge >= 0.3 is 0 Å². The largest absolute Gasteiger partial charge is 0.391 e. The molecule has 1 nitrogen and oxygen atoms in total.